The lowest BCUT2D eigenvalue weighted by molar-refractivity contribution is 0.112. The van der Waals surface area contributed by atoms with Gasteiger partial charge in [0, 0.05) is 24.3 Å². The van der Waals surface area contributed by atoms with E-state index in [0.29, 0.717) is 24.3 Å². The van der Waals surface area contributed by atoms with Gasteiger partial charge in [0.25, 0.3) is 0 Å². The number of carbonyl (C=O) groups is 1. The summed E-state index contributed by atoms with van der Waals surface area (Å²) in [7, 11) is -3.44. The van der Waals surface area contributed by atoms with Gasteiger partial charge >= 0.3 is 10.2 Å². The number of aldehydes is 1. The van der Waals surface area contributed by atoms with Gasteiger partial charge in [0.1, 0.15) is 6.29 Å². The van der Waals surface area contributed by atoms with Gasteiger partial charge in [-0.05, 0) is 37.1 Å². The Kier molecular flexibility index (Phi) is 3.44. The van der Waals surface area contributed by atoms with Crippen molar-refractivity contribution in [2.45, 2.75) is 12.8 Å². The Bertz CT molecular complexity index is 490. The fourth-order valence-corrected chi connectivity index (χ4v) is 3.07. The summed E-state index contributed by atoms with van der Waals surface area (Å²) in [5.74, 6) is 0. The first-order chi connectivity index (χ1) is 8.12. The van der Waals surface area contributed by atoms with Gasteiger partial charge in [-0.3, -0.25) is 9.52 Å². The normalized spacial score (nSPS) is 16.9. The molecule has 1 saturated heterocycles. The van der Waals surface area contributed by atoms with Crippen LogP contribution in [0.2, 0.25) is 0 Å². The lowest BCUT2D eigenvalue weighted by Gasteiger charge is -2.16. The second-order valence-electron chi connectivity index (χ2n) is 3.95. The third kappa shape index (κ3) is 2.83. The minimum atomic E-state index is -3.44. The maximum Gasteiger partial charge on any atom is 0.301 e. The van der Waals surface area contributed by atoms with Crippen molar-refractivity contribution < 1.29 is 13.2 Å². The molecule has 5 nitrogen and oxygen atoms in total. The molecule has 0 saturated carbocycles. The molecule has 92 valence electrons. The topological polar surface area (TPSA) is 66.5 Å². The van der Waals surface area contributed by atoms with Crippen LogP contribution in [0.1, 0.15) is 23.2 Å². The van der Waals surface area contributed by atoms with Crippen LogP contribution in [0, 0.1) is 0 Å². The summed E-state index contributed by atoms with van der Waals surface area (Å²) in [6.07, 6.45) is 2.54. The molecule has 1 heterocycles. The second kappa shape index (κ2) is 4.85. The number of benzene rings is 1. The van der Waals surface area contributed by atoms with E-state index in [2.05, 4.69) is 4.72 Å². The number of anilines is 1. The minimum Gasteiger partial charge on any atom is -0.298 e. The van der Waals surface area contributed by atoms with Crippen LogP contribution < -0.4 is 4.72 Å². The first-order valence-electron chi connectivity index (χ1n) is 5.45. The zero-order valence-electron chi connectivity index (χ0n) is 9.30. The highest BCUT2D eigenvalue weighted by atomic mass is 32.2. The highest BCUT2D eigenvalue weighted by molar-refractivity contribution is 7.90. The summed E-state index contributed by atoms with van der Waals surface area (Å²) in [6.45, 7) is 1.14. The fraction of sp³-hybridized carbons (Fsp3) is 0.364. The van der Waals surface area contributed by atoms with E-state index in [1.807, 2.05) is 0 Å². The summed E-state index contributed by atoms with van der Waals surface area (Å²) < 4.78 is 27.7. The molecule has 1 fully saturated rings. The minimum absolute atomic E-state index is 0.475. The van der Waals surface area contributed by atoms with E-state index in [9.17, 15) is 13.2 Å². The molecule has 1 aliphatic heterocycles. The smallest absolute Gasteiger partial charge is 0.298 e. The summed E-state index contributed by atoms with van der Waals surface area (Å²) in [5, 5.41) is 0. The fourth-order valence-electron chi connectivity index (χ4n) is 1.77. The summed E-state index contributed by atoms with van der Waals surface area (Å²) in [4.78, 5) is 10.5. The Labute approximate surface area is 101 Å². The number of hydrogen-bond acceptors (Lipinski definition) is 3. The Morgan fingerprint density at radius 2 is 1.71 bits per heavy atom. The second-order valence-corrected chi connectivity index (χ2v) is 5.62. The number of nitrogens with zero attached hydrogens (tertiary/aromatic N) is 1. The van der Waals surface area contributed by atoms with Crippen molar-refractivity contribution in [1.29, 1.82) is 0 Å². The molecule has 0 unspecified atom stereocenters. The number of nitrogens with one attached hydrogen (secondary N) is 1. The van der Waals surface area contributed by atoms with Crippen molar-refractivity contribution in [2.24, 2.45) is 0 Å². The maximum absolute atomic E-state index is 11.9. The van der Waals surface area contributed by atoms with E-state index in [1.54, 1.807) is 24.3 Å². The molecule has 1 aromatic rings. The summed E-state index contributed by atoms with van der Waals surface area (Å²) in [5.41, 5.74) is 0.997. The average molecular weight is 254 g/mol. The van der Waals surface area contributed by atoms with E-state index >= 15 is 0 Å². The van der Waals surface area contributed by atoms with Crippen molar-refractivity contribution in [2.75, 3.05) is 17.8 Å². The quantitative estimate of drug-likeness (QED) is 0.822. The molecule has 1 aromatic carbocycles. The van der Waals surface area contributed by atoms with Crippen LogP contribution in [0.5, 0.6) is 0 Å². The van der Waals surface area contributed by atoms with Crippen molar-refractivity contribution in [3.05, 3.63) is 29.8 Å². The standard InChI is InChI=1S/C11H14N2O3S/c14-9-10-3-5-11(6-4-10)12-17(15,16)13-7-1-2-8-13/h3-6,9,12H,1-2,7-8H2. The van der Waals surface area contributed by atoms with Crippen LogP contribution >= 0.6 is 0 Å². The van der Waals surface area contributed by atoms with Gasteiger partial charge in [-0.15, -0.1) is 0 Å². The van der Waals surface area contributed by atoms with Crippen molar-refractivity contribution >= 4 is 22.2 Å². The molecular formula is C11H14N2O3S. The molecular weight excluding hydrogens is 240 g/mol. The Hall–Kier alpha value is -1.40. The lowest BCUT2D eigenvalue weighted by Crippen LogP contribution is -2.33. The van der Waals surface area contributed by atoms with E-state index < -0.39 is 10.2 Å². The monoisotopic (exact) mass is 254 g/mol. The molecule has 0 aliphatic carbocycles. The number of rotatable bonds is 4. The number of carbonyl (C=O) groups excluding carboxylic acids is 1. The van der Waals surface area contributed by atoms with Gasteiger partial charge in [0.2, 0.25) is 0 Å². The molecule has 0 amide bonds. The van der Waals surface area contributed by atoms with Crippen molar-refractivity contribution in [3.8, 4) is 0 Å². The molecule has 0 radical (unpaired) electrons. The zero-order chi connectivity index (χ0) is 12.3. The van der Waals surface area contributed by atoms with Crippen LogP contribution in [0.15, 0.2) is 24.3 Å². The van der Waals surface area contributed by atoms with E-state index in [4.69, 9.17) is 0 Å². The predicted molar refractivity (Wildman–Crippen MR) is 65.2 cm³/mol. The summed E-state index contributed by atoms with van der Waals surface area (Å²) >= 11 is 0. The van der Waals surface area contributed by atoms with Gasteiger partial charge in [0.05, 0.1) is 0 Å². The maximum atomic E-state index is 11.9. The van der Waals surface area contributed by atoms with E-state index in [0.717, 1.165) is 19.1 Å². The van der Waals surface area contributed by atoms with E-state index in [-0.39, 0.29) is 0 Å². The van der Waals surface area contributed by atoms with Crippen LogP contribution in [-0.2, 0) is 10.2 Å². The van der Waals surface area contributed by atoms with Gasteiger partial charge in [0.15, 0.2) is 0 Å². The van der Waals surface area contributed by atoms with Crippen LogP contribution in [-0.4, -0.2) is 32.1 Å². The van der Waals surface area contributed by atoms with Crippen LogP contribution in [0.25, 0.3) is 0 Å². The predicted octanol–water partition coefficient (Wildman–Crippen LogP) is 1.25. The highest BCUT2D eigenvalue weighted by Crippen LogP contribution is 2.16. The molecule has 0 bridgehead atoms. The summed E-state index contributed by atoms with van der Waals surface area (Å²) in [6, 6.07) is 6.32. The van der Waals surface area contributed by atoms with Crippen LogP contribution in [0.4, 0.5) is 5.69 Å². The SMILES string of the molecule is O=Cc1ccc(NS(=O)(=O)N2CCCC2)cc1. The molecule has 1 N–H and O–H groups in total. The van der Waals surface area contributed by atoms with Gasteiger partial charge in [-0.1, -0.05) is 0 Å². The third-order valence-electron chi connectivity index (χ3n) is 2.70. The zero-order valence-corrected chi connectivity index (χ0v) is 10.1. The molecule has 1 aliphatic rings. The third-order valence-corrected chi connectivity index (χ3v) is 4.24. The first kappa shape index (κ1) is 12.1. The van der Waals surface area contributed by atoms with Crippen LogP contribution in [0.3, 0.4) is 0 Å². The average Bonchev–Trinajstić information content (AvgIpc) is 2.84. The largest absolute Gasteiger partial charge is 0.301 e. The molecule has 17 heavy (non-hydrogen) atoms. The molecule has 0 spiro atoms. The molecule has 6 heteroatoms. The number of hydrogen-bond donors (Lipinski definition) is 1. The molecule has 2 rings (SSSR count). The molecule has 0 aromatic heterocycles. The van der Waals surface area contributed by atoms with Gasteiger partial charge in [-0.25, -0.2) is 0 Å². The Morgan fingerprint density at radius 1 is 1.12 bits per heavy atom. The van der Waals surface area contributed by atoms with Crippen molar-refractivity contribution in [3.63, 3.8) is 0 Å². The van der Waals surface area contributed by atoms with E-state index in [1.165, 1.54) is 4.31 Å². The Balaban J connectivity index is 2.11. The molecule has 0 atom stereocenters. The Morgan fingerprint density at radius 3 is 2.24 bits per heavy atom. The van der Waals surface area contributed by atoms with Gasteiger partial charge < -0.3 is 0 Å². The first-order valence-corrected chi connectivity index (χ1v) is 6.89. The van der Waals surface area contributed by atoms with Crippen molar-refractivity contribution in [1.82, 2.24) is 4.31 Å². The lowest BCUT2D eigenvalue weighted by atomic mass is 10.2. The van der Waals surface area contributed by atoms with Gasteiger partial charge in [-0.2, -0.15) is 12.7 Å². The highest BCUT2D eigenvalue weighted by Gasteiger charge is 2.24.